The van der Waals surface area contributed by atoms with Crippen LogP contribution in [0.4, 0.5) is 0 Å². The molecule has 0 aromatic heterocycles. The summed E-state index contributed by atoms with van der Waals surface area (Å²) in [5, 5.41) is 0. The van der Waals surface area contributed by atoms with Crippen LogP contribution >= 0.6 is 11.8 Å². The monoisotopic (exact) mass is 194 g/mol. The molecule has 0 saturated heterocycles. The smallest absolute Gasteiger partial charge is 0.160 e. The average Bonchev–Trinajstić information content (AvgIpc) is 2.09. The van der Waals surface area contributed by atoms with Crippen LogP contribution in [0.25, 0.3) is 0 Å². The topological polar surface area (TPSA) is 17.1 Å². The number of carbonyl (C=O) groups excluding carboxylic acids is 1. The van der Waals surface area contributed by atoms with Gasteiger partial charge in [-0.25, -0.2) is 0 Å². The number of hydrogen-bond donors (Lipinski definition) is 0. The molecule has 13 heavy (non-hydrogen) atoms. The van der Waals surface area contributed by atoms with Gasteiger partial charge in [0.2, 0.25) is 0 Å². The molecule has 0 N–H and O–H groups in total. The van der Waals surface area contributed by atoms with E-state index in [0.29, 0.717) is 0 Å². The lowest BCUT2D eigenvalue weighted by Gasteiger charge is -2.09. The Labute approximate surface area is 83.5 Å². The molecule has 0 heterocycles. The minimum Gasteiger partial charge on any atom is -0.295 e. The van der Waals surface area contributed by atoms with E-state index < -0.39 is 0 Å². The summed E-state index contributed by atoms with van der Waals surface area (Å²) in [6.07, 6.45) is 2.05. The predicted molar refractivity (Wildman–Crippen MR) is 57.7 cm³/mol. The van der Waals surface area contributed by atoms with Gasteiger partial charge in [-0.15, -0.1) is 11.8 Å². The zero-order valence-corrected chi connectivity index (χ0v) is 9.29. The molecule has 0 saturated carbocycles. The molecular formula is C11H14OS. The second-order valence-electron chi connectivity index (χ2n) is 3.12. The third kappa shape index (κ3) is 1.94. The summed E-state index contributed by atoms with van der Waals surface area (Å²) in [6.45, 7) is 5.68. The van der Waals surface area contributed by atoms with E-state index in [1.54, 1.807) is 18.7 Å². The highest BCUT2D eigenvalue weighted by molar-refractivity contribution is 7.98. The maximum Gasteiger partial charge on any atom is 0.160 e. The van der Waals surface area contributed by atoms with Crippen LogP contribution in [0.3, 0.4) is 0 Å². The molecule has 0 spiro atoms. The standard InChI is InChI=1S/C11H14OS/c1-7-8(2)11(13-4)6-5-10(7)9(3)12/h5-6H,1-4H3. The van der Waals surface area contributed by atoms with Crippen molar-refractivity contribution in [3.8, 4) is 0 Å². The van der Waals surface area contributed by atoms with Crippen molar-refractivity contribution < 1.29 is 4.79 Å². The highest BCUT2D eigenvalue weighted by Crippen LogP contribution is 2.25. The van der Waals surface area contributed by atoms with Crippen molar-refractivity contribution in [2.24, 2.45) is 0 Å². The Morgan fingerprint density at radius 1 is 1.23 bits per heavy atom. The number of hydrogen-bond acceptors (Lipinski definition) is 2. The molecule has 1 aromatic rings. The molecule has 2 heteroatoms. The van der Waals surface area contributed by atoms with Gasteiger partial charge >= 0.3 is 0 Å². The molecule has 0 aliphatic carbocycles. The van der Waals surface area contributed by atoms with Crippen LogP contribution in [-0.2, 0) is 0 Å². The summed E-state index contributed by atoms with van der Waals surface area (Å²) < 4.78 is 0. The Kier molecular flexibility index (Phi) is 3.15. The number of Topliss-reactive ketones (excluding diaryl/α,β-unsaturated/α-hetero) is 1. The van der Waals surface area contributed by atoms with Gasteiger partial charge in [-0.2, -0.15) is 0 Å². The first-order valence-electron chi connectivity index (χ1n) is 4.23. The lowest BCUT2D eigenvalue weighted by Crippen LogP contribution is -1.98. The van der Waals surface area contributed by atoms with Gasteiger partial charge < -0.3 is 0 Å². The summed E-state index contributed by atoms with van der Waals surface area (Å²) in [5.74, 6) is 0.147. The summed E-state index contributed by atoms with van der Waals surface area (Å²) in [6, 6.07) is 3.93. The number of thioether (sulfide) groups is 1. The Morgan fingerprint density at radius 3 is 2.31 bits per heavy atom. The molecule has 0 bridgehead atoms. The second kappa shape index (κ2) is 3.97. The van der Waals surface area contributed by atoms with Crippen LogP contribution in [0.1, 0.15) is 28.4 Å². The van der Waals surface area contributed by atoms with Crippen molar-refractivity contribution in [3.63, 3.8) is 0 Å². The molecule has 1 rings (SSSR count). The van der Waals surface area contributed by atoms with Crippen molar-refractivity contribution in [1.82, 2.24) is 0 Å². The summed E-state index contributed by atoms with van der Waals surface area (Å²) in [4.78, 5) is 12.5. The van der Waals surface area contributed by atoms with Gasteiger partial charge in [0.1, 0.15) is 0 Å². The lowest BCUT2D eigenvalue weighted by atomic mass is 10.0. The molecule has 0 radical (unpaired) electrons. The molecule has 0 amide bonds. The van der Waals surface area contributed by atoms with Gasteiger partial charge in [-0.05, 0) is 44.2 Å². The number of ketones is 1. The normalized spacial score (nSPS) is 10.2. The van der Waals surface area contributed by atoms with Gasteiger partial charge in [0.25, 0.3) is 0 Å². The summed E-state index contributed by atoms with van der Waals surface area (Å²) in [5.41, 5.74) is 3.18. The van der Waals surface area contributed by atoms with Gasteiger partial charge in [0.05, 0.1) is 0 Å². The number of carbonyl (C=O) groups is 1. The van der Waals surface area contributed by atoms with E-state index >= 15 is 0 Å². The van der Waals surface area contributed by atoms with E-state index in [2.05, 4.69) is 13.2 Å². The quantitative estimate of drug-likeness (QED) is 0.531. The van der Waals surface area contributed by atoms with Gasteiger partial charge in [-0.1, -0.05) is 6.07 Å². The molecular weight excluding hydrogens is 180 g/mol. The van der Waals surface area contributed by atoms with E-state index in [1.807, 2.05) is 19.1 Å². The molecule has 0 aliphatic rings. The molecule has 0 atom stereocenters. The minimum atomic E-state index is 0.147. The minimum absolute atomic E-state index is 0.147. The van der Waals surface area contributed by atoms with Crippen LogP contribution in [-0.4, -0.2) is 12.0 Å². The zero-order chi connectivity index (χ0) is 10.0. The SMILES string of the molecule is CSc1ccc(C(C)=O)c(C)c1C. The first-order valence-corrected chi connectivity index (χ1v) is 5.45. The van der Waals surface area contributed by atoms with Crippen molar-refractivity contribution in [1.29, 1.82) is 0 Å². The highest BCUT2D eigenvalue weighted by Gasteiger charge is 2.08. The van der Waals surface area contributed by atoms with Crippen molar-refractivity contribution in [3.05, 3.63) is 28.8 Å². The number of benzene rings is 1. The Balaban J connectivity index is 3.31. The van der Waals surface area contributed by atoms with Crippen LogP contribution in [0, 0.1) is 13.8 Å². The average molecular weight is 194 g/mol. The second-order valence-corrected chi connectivity index (χ2v) is 3.97. The predicted octanol–water partition coefficient (Wildman–Crippen LogP) is 3.23. The van der Waals surface area contributed by atoms with E-state index in [4.69, 9.17) is 0 Å². The van der Waals surface area contributed by atoms with Crippen molar-refractivity contribution in [2.75, 3.05) is 6.26 Å². The van der Waals surface area contributed by atoms with Gasteiger partial charge in [0.15, 0.2) is 5.78 Å². The van der Waals surface area contributed by atoms with Gasteiger partial charge in [0, 0.05) is 10.5 Å². The van der Waals surface area contributed by atoms with Gasteiger partial charge in [-0.3, -0.25) is 4.79 Å². The highest BCUT2D eigenvalue weighted by atomic mass is 32.2. The van der Waals surface area contributed by atoms with Crippen molar-refractivity contribution >= 4 is 17.5 Å². The maximum absolute atomic E-state index is 11.2. The Morgan fingerprint density at radius 2 is 1.85 bits per heavy atom. The molecule has 1 nitrogen and oxygen atoms in total. The molecule has 0 aliphatic heterocycles. The Bertz CT molecular complexity index is 342. The third-order valence-corrected chi connectivity index (χ3v) is 3.22. The lowest BCUT2D eigenvalue weighted by molar-refractivity contribution is 0.101. The largest absolute Gasteiger partial charge is 0.295 e. The van der Waals surface area contributed by atoms with E-state index in [9.17, 15) is 4.79 Å². The van der Waals surface area contributed by atoms with Crippen LogP contribution in [0.5, 0.6) is 0 Å². The summed E-state index contributed by atoms with van der Waals surface area (Å²) >= 11 is 1.72. The molecule has 70 valence electrons. The van der Waals surface area contributed by atoms with Crippen molar-refractivity contribution in [2.45, 2.75) is 25.7 Å². The number of rotatable bonds is 2. The van der Waals surface area contributed by atoms with E-state index in [-0.39, 0.29) is 5.78 Å². The fourth-order valence-electron chi connectivity index (χ4n) is 1.40. The fourth-order valence-corrected chi connectivity index (χ4v) is 2.06. The van der Waals surface area contributed by atoms with E-state index in [1.165, 1.54) is 10.5 Å². The Hall–Kier alpha value is -0.760. The first kappa shape index (κ1) is 10.3. The molecule has 0 fully saturated rings. The first-order chi connectivity index (χ1) is 6.07. The van der Waals surface area contributed by atoms with Crippen LogP contribution in [0.2, 0.25) is 0 Å². The van der Waals surface area contributed by atoms with E-state index in [0.717, 1.165) is 11.1 Å². The van der Waals surface area contributed by atoms with Crippen LogP contribution in [0.15, 0.2) is 17.0 Å². The summed E-state index contributed by atoms with van der Waals surface area (Å²) in [7, 11) is 0. The van der Waals surface area contributed by atoms with Crippen LogP contribution < -0.4 is 0 Å². The maximum atomic E-state index is 11.2. The third-order valence-electron chi connectivity index (χ3n) is 2.34. The molecule has 0 unspecified atom stereocenters. The zero-order valence-electron chi connectivity index (χ0n) is 8.47. The fraction of sp³-hybridized carbons (Fsp3) is 0.364. The molecule has 1 aromatic carbocycles.